The number of rotatable bonds is 10. The molecule has 0 aromatic heterocycles. The van der Waals surface area contributed by atoms with Crippen LogP contribution in [0.3, 0.4) is 0 Å². The molecule has 0 N–H and O–H groups in total. The topological polar surface area (TPSA) is 88.1 Å². The molecule has 0 amide bonds. The summed E-state index contributed by atoms with van der Waals surface area (Å²) in [6.45, 7) is 1.27. The lowest BCUT2D eigenvalue weighted by molar-refractivity contribution is -0.141. The van der Waals surface area contributed by atoms with Crippen LogP contribution in [-0.2, 0) is 38.8 Å². The molecule has 1 aliphatic carbocycles. The third-order valence-corrected chi connectivity index (χ3v) is 8.30. The smallest absolute Gasteiger partial charge is 0.306 e. The van der Waals surface area contributed by atoms with E-state index in [9.17, 15) is 13.2 Å². The van der Waals surface area contributed by atoms with Crippen LogP contribution >= 0.6 is 0 Å². The molecular formula is C31H34O7S. The minimum absolute atomic E-state index is 0.00421. The Hall–Kier alpha value is -3.52. The molecule has 1 heterocycles. The molecule has 0 saturated carbocycles. The van der Waals surface area contributed by atoms with Crippen molar-refractivity contribution >= 4 is 15.8 Å². The molecule has 0 fully saturated rings. The van der Waals surface area contributed by atoms with Gasteiger partial charge in [-0.1, -0.05) is 24.3 Å². The molecule has 1 aliphatic heterocycles. The van der Waals surface area contributed by atoms with E-state index in [0.29, 0.717) is 32.7 Å². The summed E-state index contributed by atoms with van der Waals surface area (Å²) < 4.78 is 45.3. The molecule has 0 spiro atoms. The Morgan fingerprint density at radius 2 is 1.74 bits per heavy atom. The van der Waals surface area contributed by atoms with Crippen molar-refractivity contribution in [2.75, 3.05) is 32.3 Å². The van der Waals surface area contributed by atoms with Crippen molar-refractivity contribution in [2.45, 2.75) is 44.6 Å². The first-order valence-corrected chi connectivity index (χ1v) is 15.4. The molecule has 1 atom stereocenters. The third-order valence-electron chi connectivity index (χ3n) is 7.27. The highest BCUT2D eigenvalue weighted by molar-refractivity contribution is 7.90. The van der Waals surface area contributed by atoms with Gasteiger partial charge in [-0.2, -0.15) is 0 Å². The molecule has 0 bridgehead atoms. The molecule has 0 radical (unpaired) electrons. The number of esters is 1. The maximum absolute atomic E-state index is 11.7. The average molecular weight is 551 g/mol. The van der Waals surface area contributed by atoms with Gasteiger partial charge in [-0.3, -0.25) is 4.79 Å². The number of carbonyl (C=O) groups excluding carboxylic acids is 1. The Morgan fingerprint density at radius 3 is 2.56 bits per heavy atom. The fourth-order valence-corrected chi connectivity index (χ4v) is 5.90. The molecule has 0 saturated heterocycles. The molecule has 7 nitrogen and oxygen atoms in total. The summed E-state index contributed by atoms with van der Waals surface area (Å²) in [5.41, 5.74) is 7.07. The second-order valence-corrected chi connectivity index (χ2v) is 12.5. The van der Waals surface area contributed by atoms with Gasteiger partial charge in [0.1, 0.15) is 33.7 Å². The molecule has 39 heavy (non-hydrogen) atoms. The number of methoxy groups -OCH3 is 1. The standard InChI is InChI=1S/C31H34O7S/c1-35-31(32)17-24-20-38-30-18-26(10-12-28(24)30)37-19-21-7-8-22-5-3-6-23-16-25(9-11-27(23)29(22)15-21)36-13-4-14-39(2,33)34/h7-12,15-16,18,24H,3-6,13-14,17,19-20H2,1-2H3. The second-order valence-electron chi connectivity index (χ2n) is 10.3. The quantitative estimate of drug-likeness (QED) is 0.251. The van der Waals surface area contributed by atoms with Crippen molar-refractivity contribution in [1.29, 1.82) is 0 Å². The van der Waals surface area contributed by atoms with Gasteiger partial charge in [-0.15, -0.1) is 0 Å². The van der Waals surface area contributed by atoms with Crippen LogP contribution in [0.1, 0.15) is 47.4 Å². The van der Waals surface area contributed by atoms with Crippen LogP contribution in [0, 0.1) is 0 Å². The zero-order chi connectivity index (χ0) is 27.4. The predicted molar refractivity (Wildman–Crippen MR) is 149 cm³/mol. The van der Waals surface area contributed by atoms with Gasteiger partial charge in [0.2, 0.25) is 0 Å². The Bertz CT molecular complexity index is 1460. The lowest BCUT2D eigenvalue weighted by Crippen LogP contribution is -2.09. The van der Waals surface area contributed by atoms with Crippen molar-refractivity contribution in [2.24, 2.45) is 0 Å². The number of aryl methyl sites for hydroxylation is 2. The first-order chi connectivity index (χ1) is 18.8. The van der Waals surface area contributed by atoms with Gasteiger partial charge >= 0.3 is 5.97 Å². The fraction of sp³-hybridized carbons (Fsp3) is 0.387. The molecule has 1 unspecified atom stereocenters. The number of fused-ring (bicyclic) bond motifs is 4. The molecule has 8 heteroatoms. The largest absolute Gasteiger partial charge is 0.494 e. The second kappa shape index (κ2) is 11.7. The number of carbonyl (C=O) groups is 1. The van der Waals surface area contributed by atoms with E-state index in [1.807, 2.05) is 24.3 Å². The summed E-state index contributed by atoms with van der Waals surface area (Å²) in [5.74, 6) is 2.15. The average Bonchev–Trinajstić information content (AvgIpc) is 3.22. The van der Waals surface area contributed by atoms with E-state index in [2.05, 4.69) is 30.3 Å². The van der Waals surface area contributed by atoms with E-state index in [0.717, 1.165) is 47.6 Å². The van der Waals surface area contributed by atoms with E-state index in [1.54, 1.807) is 0 Å². The maximum atomic E-state index is 11.7. The van der Waals surface area contributed by atoms with E-state index >= 15 is 0 Å². The van der Waals surface area contributed by atoms with Gasteiger partial charge in [0.05, 0.1) is 32.5 Å². The summed E-state index contributed by atoms with van der Waals surface area (Å²) in [5, 5.41) is 0. The van der Waals surface area contributed by atoms with E-state index in [1.165, 1.54) is 35.6 Å². The van der Waals surface area contributed by atoms with Gasteiger partial charge in [0.25, 0.3) is 0 Å². The highest BCUT2D eigenvalue weighted by Crippen LogP contribution is 2.39. The van der Waals surface area contributed by atoms with Crippen molar-refractivity contribution < 1.29 is 32.2 Å². The van der Waals surface area contributed by atoms with Gasteiger partial charge in [-0.05, 0) is 77.8 Å². The molecule has 5 rings (SSSR count). The van der Waals surface area contributed by atoms with Crippen LogP contribution in [0.5, 0.6) is 17.2 Å². The summed E-state index contributed by atoms with van der Waals surface area (Å²) in [6.07, 6.45) is 5.05. The fourth-order valence-electron chi connectivity index (χ4n) is 5.26. The van der Waals surface area contributed by atoms with Crippen molar-refractivity contribution in [3.05, 3.63) is 76.9 Å². The van der Waals surface area contributed by atoms with Crippen LogP contribution in [0.2, 0.25) is 0 Å². The normalized spacial score (nSPS) is 15.8. The molecule has 2 aliphatic rings. The van der Waals surface area contributed by atoms with Crippen molar-refractivity contribution in [1.82, 2.24) is 0 Å². The monoisotopic (exact) mass is 550 g/mol. The van der Waals surface area contributed by atoms with E-state index in [4.69, 9.17) is 18.9 Å². The minimum atomic E-state index is -2.98. The Balaban J connectivity index is 1.26. The van der Waals surface area contributed by atoms with Crippen LogP contribution in [0.4, 0.5) is 0 Å². The van der Waals surface area contributed by atoms with Crippen molar-refractivity contribution in [3.8, 4) is 28.4 Å². The van der Waals surface area contributed by atoms with Gasteiger partial charge in [-0.25, -0.2) is 8.42 Å². The molecular weight excluding hydrogens is 516 g/mol. The number of benzene rings is 3. The summed E-state index contributed by atoms with van der Waals surface area (Å²) in [7, 11) is -1.58. The lowest BCUT2D eigenvalue weighted by atomic mass is 9.95. The van der Waals surface area contributed by atoms with Crippen molar-refractivity contribution in [3.63, 3.8) is 0 Å². The number of sulfone groups is 1. The van der Waals surface area contributed by atoms with Gasteiger partial charge in [0.15, 0.2) is 0 Å². The first kappa shape index (κ1) is 27.1. The molecule has 3 aromatic rings. The van der Waals surface area contributed by atoms with Crippen LogP contribution in [0.25, 0.3) is 11.1 Å². The zero-order valence-corrected chi connectivity index (χ0v) is 23.2. The number of hydrogen-bond donors (Lipinski definition) is 0. The van der Waals surface area contributed by atoms with Gasteiger partial charge in [0, 0.05) is 23.8 Å². The SMILES string of the molecule is COC(=O)CC1COc2cc(OCc3ccc4c(c3)-c3ccc(OCCCS(C)(=O)=O)cc3CCC4)ccc21. The zero-order valence-electron chi connectivity index (χ0n) is 22.4. The molecule has 206 valence electrons. The maximum Gasteiger partial charge on any atom is 0.306 e. The summed E-state index contributed by atoms with van der Waals surface area (Å²) in [6, 6.07) is 18.5. The third kappa shape index (κ3) is 6.74. The Morgan fingerprint density at radius 1 is 0.949 bits per heavy atom. The number of hydrogen-bond acceptors (Lipinski definition) is 7. The lowest BCUT2D eigenvalue weighted by Gasteiger charge is -2.14. The predicted octanol–water partition coefficient (Wildman–Crippen LogP) is 5.27. The highest BCUT2D eigenvalue weighted by atomic mass is 32.2. The van der Waals surface area contributed by atoms with Crippen LogP contribution in [-0.4, -0.2) is 46.7 Å². The van der Waals surface area contributed by atoms with E-state index in [-0.39, 0.29) is 17.6 Å². The first-order valence-electron chi connectivity index (χ1n) is 13.3. The molecule has 3 aromatic carbocycles. The Kier molecular flexibility index (Phi) is 8.12. The van der Waals surface area contributed by atoms with E-state index < -0.39 is 9.84 Å². The summed E-state index contributed by atoms with van der Waals surface area (Å²) >= 11 is 0. The van der Waals surface area contributed by atoms with Gasteiger partial charge < -0.3 is 18.9 Å². The Labute approximate surface area is 230 Å². The van der Waals surface area contributed by atoms with Crippen LogP contribution in [0.15, 0.2) is 54.6 Å². The highest BCUT2D eigenvalue weighted by Gasteiger charge is 2.27. The van der Waals surface area contributed by atoms with Crippen LogP contribution < -0.4 is 14.2 Å². The summed E-state index contributed by atoms with van der Waals surface area (Å²) in [4.78, 5) is 11.7. The minimum Gasteiger partial charge on any atom is -0.494 e. The number of ether oxygens (including phenoxy) is 4.